The van der Waals surface area contributed by atoms with Crippen molar-refractivity contribution in [2.45, 2.75) is 25.4 Å². The van der Waals surface area contributed by atoms with Gasteiger partial charge in [0.15, 0.2) is 11.5 Å². The zero-order valence-corrected chi connectivity index (χ0v) is 16.8. The Balaban J connectivity index is 1.68. The standard InChI is InChI=1S/C26H20O4/c1-26(2)18-13-29-19-12-11-14-7-3-4-8-15(14)20(19)21(18)22-23(27)16-9-5-6-10-17(16)24(28)25(22)30-26/h3-12,18,21H,13H2,1-2H3/t18-,21-/m1/s1. The molecule has 4 nitrogen and oxygen atoms in total. The van der Waals surface area contributed by atoms with Gasteiger partial charge in [0.05, 0.1) is 12.2 Å². The Labute approximate surface area is 174 Å². The number of ether oxygens (including phenoxy) is 2. The molecule has 0 spiro atoms. The summed E-state index contributed by atoms with van der Waals surface area (Å²) in [5, 5.41) is 2.13. The van der Waals surface area contributed by atoms with Crippen molar-refractivity contribution in [2.75, 3.05) is 6.61 Å². The molecule has 0 bridgehead atoms. The Kier molecular flexibility index (Phi) is 3.39. The van der Waals surface area contributed by atoms with E-state index in [-0.39, 0.29) is 29.2 Å². The van der Waals surface area contributed by atoms with E-state index in [2.05, 4.69) is 12.1 Å². The van der Waals surface area contributed by atoms with Gasteiger partial charge in [-0.05, 0) is 30.7 Å². The highest BCUT2D eigenvalue weighted by molar-refractivity contribution is 6.27. The number of hydrogen-bond acceptors (Lipinski definition) is 4. The van der Waals surface area contributed by atoms with Crippen molar-refractivity contribution < 1.29 is 19.1 Å². The number of fused-ring (bicyclic) bond motifs is 7. The SMILES string of the molecule is CC1(C)OC2=C(C(=O)c3ccccc3C2=O)[C@H]2c3c(ccc4ccccc34)OC[C@H]21. The molecule has 0 N–H and O–H groups in total. The van der Waals surface area contributed by atoms with Crippen LogP contribution in [0.3, 0.4) is 0 Å². The molecule has 0 unspecified atom stereocenters. The zero-order valence-electron chi connectivity index (χ0n) is 16.8. The first-order chi connectivity index (χ1) is 14.5. The van der Waals surface area contributed by atoms with E-state index in [1.54, 1.807) is 24.3 Å². The molecule has 148 valence electrons. The fourth-order valence-electron chi connectivity index (χ4n) is 5.24. The van der Waals surface area contributed by atoms with Gasteiger partial charge in [-0.1, -0.05) is 54.6 Å². The minimum Gasteiger partial charge on any atom is -0.493 e. The van der Waals surface area contributed by atoms with E-state index in [0.29, 0.717) is 23.3 Å². The Morgan fingerprint density at radius 2 is 1.57 bits per heavy atom. The van der Waals surface area contributed by atoms with E-state index in [1.807, 2.05) is 38.1 Å². The van der Waals surface area contributed by atoms with Crippen molar-refractivity contribution in [3.05, 3.63) is 88.7 Å². The van der Waals surface area contributed by atoms with Crippen LogP contribution in [0.4, 0.5) is 0 Å². The first-order valence-corrected chi connectivity index (χ1v) is 10.2. The molecule has 2 atom stereocenters. The summed E-state index contributed by atoms with van der Waals surface area (Å²) in [6.07, 6.45) is 0. The van der Waals surface area contributed by atoms with Crippen LogP contribution in [-0.4, -0.2) is 23.8 Å². The number of benzene rings is 3. The monoisotopic (exact) mass is 396 g/mol. The Bertz CT molecular complexity index is 1300. The molecule has 0 saturated carbocycles. The molecular weight excluding hydrogens is 376 g/mol. The molecular formula is C26H20O4. The summed E-state index contributed by atoms with van der Waals surface area (Å²) in [5.41, 5.74) is 1.68. The molecule has 2 heterocycles. The highest BCUT2D eigenvalue weighted by atomic mass is 16.5. The van der Waals surface area contributed by atoms with Gasteiger partial charge in [-0.25, -0.2) is 0 Å². The first kappa shape index (κ1) is 17.5. The molecule has 0 fully saturated rings. The van der Waals surface area contributed by atoms with Crippen molar-refractivity contribution in [1.82, 2.24) is 0 Å². The van der Waals surface area contributed by atoms with E-state index in [1.165, 1.54) is 0 Å². The molecule has 0 saturated heterocycles. The van der Waals surface area contributed by atoms with Gasteiger partial charge in [0.1, 0.15) is 11.4 Å². The Morgan fingerprint density at radius 1 is 0.867 bits per heavy atom. The van der Waals surface area contributed by atoms with Gasteiger partial charge >= 0.3 is 0 Å². The van der Waals surface area contributed by atoms with Crippen LogP contribution in [0.15, 0.2) is 72.0 Å². The number of carbonyl (C=O) groups excluding carboxylic acids is 2. The van der Waals surface area contributed by atoms with Crippen LogP contribution in [0.2, 0.25) is 0 Å². The summed E-state index contributed by atoms with van der Waals surface area (Å²) < 4.78 is 12.4. The average Bonchev–Trinajstić information content (AvgIpc) is 2.76. The normalized spacial score (nSPS) is 23.7. The predicted molar refractivity (Wildman–Crippen MR) is 113 cm³/mol. The fourth-order valence-corrected chi connectivity index (χ4v) is 5.24. The Morgan fingerprint density at radius 3 is 2.37 bits per heavy atom. The van der Waals surface area contributed by atoms with Crippen LogP contribution in [0.5, 0.6) is 5.75 Å². The molecule has 30 heavy (non-hydrogen) atoms. The number of hydrogen-bond donors (Lipinski definition) is 0. The maximum atomic E-state index is 13.7. The quantitative estimate of drug-likeness (QED) is 0.532. The van der Waals surface area contributed by atoms with Gasteiger partial charge in [-0.15, -0.1) is 0 Å². The van der Waals surface area contributed by atoms with Crippen molar-refractivity contribution in [3.8, 4) is 5.75 Å². The summed E-state index contributed by atoms with van der Waals surface area (Å²) in [7, 11) is 0. The zero-order chi connectivity index (χ0) is 20.6. The highest BCUT2D eigenvalue weighted by Crippen LogP contribution is 2.55. The number of allylic oxidation sites excluding steroid dienone is 2. The molecule has 3 aliphatic rings. The molecule has 2 aliphatic heterocycles. The Hall–Kier alpha value is -3.40. The van der Waals surface area contributed by atoms with E-state index >= 15 is 0 Å². The second-order valence-corrected chi connectivity index (χ2v) is 8.75. The number of rotatable bonds is 0. The third kappa shape index (κ3) is 2.16. The van der Waals surface area contributed by atoms with Crippen LogP contribution in [-0.2, 0) is 4.74 Å². The lowest BCUT2D eigenvalue weighted by molar-refractivity contribution is -0.0592. The fraction of sp³-hybridized carbons (Fsp3) is 0.231. The minimum atomic E-state index is -0.652. The number of Topliss-reactive ketones (excluding diaryl/α,β-unsaturated/α-hetero) is 2. The summed E-state index contributed by atoms with van der Waals surface area (Å²) in [5.74, 6) is 0.302. The predicted octanol–water partition coefficient (Wildman–Crippen LogP) is 5.07. The van der Waals surface area contributed by atoms with Crippen LogP contribution >= 0.6 is 0 Å². The second kappa shape index (κ2) is 5.82. The van der Waals surface area contributed by atoms with Gasteiger partial charge in [0, 0.05) is 28.5 Å². The minimum absolute atomic E-state index is 0.0865. The third-order valence-corrected chi connectivity index (χ3v) is 6.74. The number of carbonyl (C=O) groups is 2. The van der Waals surface area contributed by atoms with Crippen LogP contribution in [0.25, 0.3) is 10.8 Å². The van der Waals surface area contributed by atoms with Gasteiger partial charge in [-0.3, -0.25) is 9.59 Å². The molecule has 3 aromatic carbocycles. The summed E-state index contributed by atoms with van der Waals surface area (Å²) in [4.78, 5) is 27.0. The smallest absolute Gasteiger partial charge is 0.228 e. The van der Waals surface area contributed by atoms with Crippen LogP contribution in [0.1, 0.15) is 46.0 Å². The van der Waals surface area contributed by atoms with E-state index in [9.17, 15) is 9.59 Å². The first-order valence-electron chi connectivity index (χ1n) is 10.2. The molecule has 4 heteroatoms. The topological polar surface area (TPSA) is 52.6 Å². The van der Waals surface area contributed by atoms with E-state index < -0.39 is 5.60 Å². The van der Waals surface area contributed by atoms with Crippen molar-refractivity contribution >= 4 is 22.3 Å². The lowest BCUT2D eigenvalue weighted by Gasteiger charge is -2.48. The third-order valence-electron chi connectivity index (χ3n) is 6.74. The average molecular weight is 396 g/mol. The highest BCUT2D eigenvalue weighted by Gasteiger charge is 2.54. The van der Waals surface area contributed by atoms with Gasteiger partial charge in [0.25, 0.3) is 0 Å². The van der Waals surface area contributed by atoms with Crippen LogP contribution in [0, 0.1) is 5.92 Å². The van der Waals surface area contributed by atoms with E-state index in [0.717, 1.165) is 22.1 Å². The summed E-state index contributed by atoms with van der Waals surface area (Å²) in [6.45, 7) is 4.39. The molecule has 0 aromatic heterocycles. The van der Waals surface area contributed by atoms with E-state index in [4.69, 9.17) is 9.47 Å². The van der Waals surface area contributed by atoms with Gasteiger partial charge in [-0.2, -0.15) is 0 Å². The van der Waals surface area contributed by atoms with Crippen LogP contribution < -0.4 is 4.74 Å². The largest absolute Gasteiger partial charge is 0.493 e. The molecule has 6 rings (SSSR count). The molecule has 1 aliphatic carbocycles. The molecule has 0 radical (unpaired) electrons. The maximum Gasteiger partial charge on any atom is 0.228 e. The van der Waals surface area contributed by atoms with Gasteiger partial charge in [0.2, 0.25) is 5.78 Å². The van der Waals surface area contributed by atoms with Crippen molar-refractivity contribution in [3.63, 3.8) is 0 Å². The second-order valence-electron chi connectivity index (χ2n) is 8.75. The number of ketones is 2. The molecule has 0 amide bonds. The maximum absolute atomic E-state index is 13.7. The molecule has 3 aromatic rings. The van der Waals surface area contributed by atoms with Crippen molar-refractivity contribution in [2.24, 2.45) is 5.92 Å². The summed E-state index contributed by atoms with van der Waals surface area (Å²) >= 11 is 0. The lowest BCUT2D eigenvalue weighted by Crippen LogP contribution is -2.50. The lowest BCUT2D eigenvalue weighted by atomic mass is 9.65. The van der Waals surface area contributed by atoms with Crippen molar-refractivity contribution in [1.29, 1.82) is 0 Å². The summed E-state index contributed by atoms with van der Waals surface area (Å²) in [6, 6.07) is 19.1. The van der Waals surface area contributed by atoms with Gasteiger partial charge < -0.3 is 9.47 Å².